The van der Waals surface area contributed by atoms with Gasteiger partial charge in [0, 0.05) is 36.9 Å². The Labute approximate surface area is 234 Å². The highest BCUT2D eigenvalue weighted by Gasteiger charge is 2.27. The van der Waals surface area contributed by atoms with Crippen molar-refractivity contribution < 1.29 is 37.2 Å². The van der Waals surface area contributed by atoms with Gasteiger partial charge in [0.05, 0.1) is 13.2 Å². The third-order valence-corrected chi connectivity index (χ3v) is 12.2. The van der Waals surface area contributed by atoms with Crippen molar-refractivity contribution in [2.45, 2.75) is 40.5 Å². The molecule has 0 aliphatic rings. The van der Waals surface area contributed by atoms with Crippen molar-refractivity contribution in [3.8, 4) is 11.5 Å². The third-order valence-electron chi connectivity index (χ3n) is 4.27. The molecular formula is C25H39NO8P2S2. The number of oxime groups is 1. The predicted octanol–water partition coefficient (Wildman–Crippen LogP) is 8.51. The maximum atomic E-state index is 12.9. The molecule has 1 N–H and O–H groups in total. The second kappa shape index (κ2) is 18.8. The summed E-state index contributed by atoms with van der Waals surface area (Å²) >= 11 is 2.35. The van der Waals surface area contributed by atoms with Crippen LogP contribution < -0.4 is 9.05 Å². The van der Waals surface area contributed by atoms with Gasteiger partial charge in [-0.25, -0.2) is 9.13 Å². The van der Waals surface area contributed by atoms with E-state index in [0.29, 0.717) is 39.8 Å². The third kappa shape index (κ3) is 12.2. The van der Waals surface area contributed by atoms with E-state index in [1.54, 1.807) is 76.6 Å². The molecule has 2 aromatic rings. The molecule has 0 aromatic heterocycles. The molecule has 0 bridgehead atoms. The number of rotatable bonds is 16. The maximum Gasteiger partial charge on any atom is 0.440 e. The van der Waals surface area contributed by atoms with Crippen molar-refractivity contribution in [3.05, 3.63) is 59.7 Å². The highest BCUT2D eigenvalue weighted by atomic mass is 32.7. The zero-order chi connectivity index (χ0) is 28.4. The monoisotopic (exact) mass is 607 g/mol. The van der Waals surface area contributed by atoms with Gasteiger partial charge in [0.1, 0.15) is 17.2 Å². The van der Waals surface area contributed by atoms with Crippen LogP contribution in [0.25, 0.3) is 0 Å². The van der Waals surface area contributed by atoms with Gasteiger partial charge in [0.25, 0.3) is 0 Å². The van der Waals surface area contributed by atoms with Crippen LogP contribution in [0.5, 0.6) is 11.5 Å². The molecule has 13 heteroatoms. The second-order valence-electron chi connectivity index (χ2n) is 7.48. The van der Waals surface area contributed by atoms with Gasteiger partial charge in [0.2, 0.25) is 0 Å². The molecule has 0 fully saturated rings. The minimum absolute atomic E-state index is 0.282. The fourth-order valence-electron chi connectivity index (χ4n) is 2.79. The molecule has 9 nitrogen and oxygen atoms in total. The summed E-state index contributed by atoms with van der Waals surface area (Å²) in [7, 11) is 3.25. The Hall–Kier alpha value is -1.45. The summed E-state index contributed by atoms with van der Waals surface area (Å²) in [5.74, 6) is 2.11. The summed E-state index contributed by atoms with van der Waals surface area (Å²) < 4.78 is 52.1. The van der Waals surface area contributed by atoms with E-state index in [1.165, 1.54) is 22.8 Å². The second-order valence-corrected chi connectivity index (χ2v) is 15.7. The van der Waals surface area contributed by atoms with Gasteiger partial charge < -0.3 is 19.0 Å². The SMILES string of the molecule is CCCSP(=O)(OCC)Oc1ccc(C(=NO)c2ccc(OP(=O)(OCC)SCCC)cc2)cc1.COC. The first kappa shape index (κ1) is 34.6. The van der Waals surface area contributed by atoms with E-state index >= 15 is 0 Å². The average molecular weight is 608 g/mol. The molecule has 0 aliphatic heterocycles. The van der Waals surface area contributed by atoms with Crippen molar-refractivity contribution >= 4 is 42.1 Å². The highest BCUT2D eigenvalue weighted by Crippen LogP contribution is 2.61. The zero-order valence-corrected chi connectivity index (χ0v) is 26.2. The van der Waals surface area contributed by atoms with Crippen LogP contribution in [0.3, 0.4) is 0 Å². The normalized spacial score (nSPS) is 13.8. The Balaban J connectivity index is 0.00000229. The van der Waals surface area contributed by atoms with Crippen molar-refractivity contribution in [1.82, 2.24) is 0 Å². The van der Waals surface area contributed by atoms with Gasteiger partial charge in [-0.1, -0.05) is 19.0 Å². The standard InChI is InChI=1S/C23H33NO7P2S2.C2H6O/c1-5-17-34-32(26,28-7-3)30-21-13-9-19(10-14-21)23(24-25)20-11-15-22(16-12-20)31-33(27,29-8-4)35-18-6-2;1-3-2/h9-16,25H,5-8,17-18H2,1-4H3;1-2H3. The molecule has 2 aromatic carbocycles. The van der Waals surface area contributed by atoms with Gasteiger partial charge >= 0.3 is 13.6 Å². The minimum atomic E-state index is -3.31. The van der Waals surface area contributed by atoms with E-state index in [-0.39, 0.29) is 13.2 Å². The van der Waals surface area contributed by atoms with Gasteiger partial charge in [0.15, 0.2) is 0 Å². The Morgan fingerprint density at radius 2 is 1.08 bits per heavy atom. The molecule has 0 heterocycles. The number of hydrogen-bond donors (Lipinski definition) is 1. The maximum absolute atomic E-state index is 12.9. The summed E-state index contributed by atoms with van der Waals surface area (Å²) in [5, 5.41) is 13.1. The molecule has 0 amide bonds. The molecule has 0 aliphatic carbocycles. The lowest BCUT2D eigenvalue weighted by molar-refractivity contribution is 0.277. The van der Waals surface area contributed by atoms with E-state index in [1.807, 2.05) is 13.8 Å². The summed E-state index contributed by atoms with van der Waals surface area (Å²) in [6, 6.07) is 13.4. The highest BCUT2D eigenvalue weighted by molar-refractivity contribution is 8.55. The fourth-order valence-corrected chi connectivity index (χ4v) is 9.70. The van der Waals surface area contributed by atoms with E-state index in [0.717, 1.165) is 12.8 Å². The predicted molar refractivity (Wildman–Crippen MR) is 158 cm³/mol. The summed E-state index contributed by atoms with van der Waals surface area (Å²) in [5.41, 5.74) is 1.57. The van der Waals surface area contributed by atoms with Crippen LogP contribution in [0.2, 0.25) is 0 Å². The molecule has 38 heavy (non-hydrogen) atoms. The quantitative estimate of drug-likeness (QED) is 0.0862. The summed E-state index contributed by atoms with van der Waals surface area (Å²) in [6.45, 7) is 1.48. The molecule has 214 valence electrons. The Morgan fingerprint density at radius 3 is 1.34 bits per heavy atom. The minimum Gasteiger partial charge on any atom is -0.417 e. The fraction of sp³-hybridized carbons (Fsp3) is 0.480. The van der Waals surface area contributed by atoms with E-state index < -0.39 is 13.6 Å². The Bertz CT molecular complexity index is 973. The van der Waals surface area contributed by atoms with E-state index in [9.17, 15) is 14.3 Å². The topological polar surface area (TPSA) is 113 Å². The molecule has 0 spiro atoms. The Kier molecular flexibility index (Phi) is 17.1. The van der Waals surface area contributed by atoms with Gasteiger partial charge in [-0.05, 0) is 98.0 Å². The number of hydrogen-bond acceptors (Lipinski definition) is 11. The molecule has 2 unspecified atom stereocenters. The molecule has 0 saturated heterocycles. The lowest BCUT2D eigenvalue weighted by Crippen LogP contribution is -2.04. The number of benzene rings is 2. The van der Waals surface area contributed by atoms with Crippen LogP contribution in [-0.4, -0.2) is 49.9 Å². The average Bonchev–Trinajstić information content (AvgIpc) is 2.89. The number of ether oxygens (including phenoxy) is 1. The molecule has 0 radical (unpaired) electrons. The zero-order valence-electron chi connectivity index (χ0n) is 22.8. The van der Waals surface area contributed by atoms with Crippen LogP contribution in [0.1, 0.15) is 51.7 Å². The largest absolute Gasteiger partial charge is 0.440 e. The summed E-state index contributed by atoms with van der Waals surface area (Å²) in [6.07, 6.45) is 1.70. The van der Waals surface area contributed by atoms with Gasteiger partial charge in [-0.2, -0.15) is 0 Å². The van der Waals surface area contributed by atoms with Gasteiger partial charge in [-0.3, -0.25) is 9.05 Å². The summed E-state index contributed by atoms with van der Waals surface area (Å²) in [4.78, 5) is 0. The smallest absolute Gasteiger partial charge is 0.417 e. The van der Waals surface area contributed by atoms with Crippen LogP contribution in [-0.2, 0) is 22.9 Å². The van der Waals surface area contributed by atoms with Crippen LogP contribution in [0, 0.1) is 0 Å². The van der Waals surface area contributed by atoms with Crippen molar-refractivity contribution in [2.75, 3.05) is 38.9 Å². The molecule has 2 atom stereocenters. The van der Waals surface area contributed by atoms with Crippen molar-refractivity contribution in [3.63, 3.8) is 0 Å². The molecule has 0 saturated carbocycles. The molecular weight excluding hydrogens is 568 g/mol. The molecule has 2 rings (SSSR count). The van der Waals surface area contributed by atoms with Crippen LogP contribution >= 0.6 is 36.4 Å². The first-order valence-corrected chi connectivity index (χ1v) is 18.5. The lowest BCUT2D eigenvalue weighted by Gasteiger charge is -2.18. The first-order chi connectivity index (χ1) is 18.2. The van der Waals surface area contributed by atoms with Crippen molar-refractivity contribution in [2.24, 2.45) is 5.16 Å². The number of nitrogens with zero attached hydrogens (tertiary/aromatic N) is 1. The van der Waals surface area contributed by atoms with E-state index in [4.69, 9.17) is 18.1 Å². The Morgan fingerprint density at radius 1 is 0.737 bits per heavy atom. The van der Waals surface area contributed by atoms with Crippen molar-refractivity contribution in [1.29, 1.82) is 0 Å². The van der Waals surface area contributed by atoms with Crippen LogP contribution in [0.15, 0.2) is 53.7 Å². The lowest BCUT2D eigenvalue weighted by atomic mass is 10.0. The first-order valence-electron chi connectivity index (χ1n) is 12.2. The van der Waals surface area contributed by atoms with Gasteiger partial charge in [-0.15, -0.1) is 0 Å². The van der Waals surface area contributed by atoms with Crippen LogP contribution in [0.4, 0.5) is 0 Å². The number of methoxy groups -OCH3 is 1. The van der Waals surface area contributed by atoms with E-state index in [2.05, 4.69) is 9.89 Å².